The van der Waals surface area contributed by atoms with Gasteiger partial charge in [0.1, 0.15) is 0 Å². The lowest BCUT2D eigenvalue weighted by atomic mass is 10.6. The van der Waals surface area contributed by atoms with E-state index in [0.717, 1.165) is 0 Å². The van der Waals surface area contributed by atoms with Crippen molar-refractivity contribution in [2.75, 3.05) is 0 Å². The van der Waals surface area contributed by atoms with E-state index in [1.165, 1.54) is 12.4 Å². The second-order valence-corrected chi connectivity index (χ2v) is 1.24. The molecule has 0 aliphatic rings. The van der Waals surface area contributed by atoms with Gasteiger partial charge in [-0.2, -0.15) is 0 Å². The summed E-state index contributed by atoms with van der Waals surface area (Å²) in [6, 6.07) is 2.38. The van der Waals surface area contributed by atoms with Gasteiger partial charge in [-0.05, 0) is 0 Å². The highest BCUT2D eigenvalue weighted by atomic mass is 16.6. The van der Waals surface area contributed by atoms with Crippen molar-refractivity contribution in [2.45, 2.75) is 0 Å². The summed E-state index contributed by atoms with van der Waals surface area (Å²) in [6.45, 7) is 0. The molecule has 8 heavy (non-hydrogen) atoms. The predicted octanol–water partition coefficient (Wildman–Crippen LogP) is 0.723. The Kier molecular flexibility index (Phi) is 0.997. The van der Waals surface area contributed by atoms with Crippen LogP contribution < -0.4 is 0 Å². The molecule has 1 rings (SSSR count). The molecule has 4 heteroatoms. The van der Waals surface area contributed by atoms with Gasteiger partial charge < -0.3 is 4.98 Å². The number of aromatic nitrogens is 1. The van der Waals surface area contributed by atoms with E-state index in [0.29, 0.717) is 0 Å². The number of nitro groups is 1. The summed E-state index contributed by atoms with van der Waals surface area (Å²) in [4.78, 5) is 11.8. The second kappa shape index (κ2) is 1.65. The fraction of sp³-hybridized carbons (Fsp3) is 0. The molecule has 0 aromatic carbocycles. The topological polar surface area (TPSA) is 58.9 Å². The quantitative estimate of drug-likeness (QED) is 0.428. The van der Waals surface area contributed by atoms with E-state index in [2.05, 4.69) is 11.1 Å². The Hall–Kier alpha value is -1.32. The van der Waals surface area contributed by atoms with Crippen LogP contribution in [-0.2, 0) is 0 Å². The molecule has 1 aromatic rings. The van der Waals surface area contributed by atoms with Crippen LogP contribution in [0.4, 0.5) is 5.69 Å². The van der Waals surface area contributed by atoms with Crippen molar-refractivity contribution in [1.29, 1.82) is 0 Å². The highest BCUT2D eigenvalue weighted by molar-refractivity contribution is 5.21. The van der Waals surface area contributed by atoms with E-state index in [9.17, 15) is 10.1 Å². The van der Waals surface area contributed by atoms with Gasteiger partial charge in [-0.3, -0.25) is 10.1 Å². The van der Waals surface area contributed by atoms with E-state index >= 15 is 0 Å². The van der Waals surface area contributed by atoms with Gasteiger partial charge in [0.25, 0.3) is 5.69 Å². The molecule has 0 amide bonds. The maximum Gasteiger partial charge on any atom is 0.294 e. The molecular weight excluding hydrogens is 108 g/mol. The molecule has 1 aromatic heterocycles. The Labute approximate surface area is 45.3 Å². The Bertz CT molecular complexity index is 180. The average Bonchev–Trinajstić information content (AvgIpc) is 2.12. The van der Waals surface area contributed by atoms with Gasteiger partial charge in [-0.15, -0.1) is 0 Å². The highest BCUT2D eigenvalue weighted by Gasteiger charge is 2.01. The number of aromatic amines is 1. The number of rotatable bonds is 1. The molecule has 1 heterocycles. The van der Waals surface area contributed by atoms with E-state index in [4.69, 9.17) is 0 Å². The van der Waals surface area contributed by atoms with Crippen molar-refractivity contribution in [3.8, 4) is 0 Å². The molecule has 0 spiro atoms. The minimum absolute atomic E-state index is 0.0231. The Morgan fingerprint density at radius 1 is 1.88 bits per heavy atom. The fourth-order valence-corrected chi connectivity index (χ4v) is 0.383. The molecule has 0 saturated heterocycles. The highest BCUT2D eigenvalue weighted by Crippen LogP contribution is 2.04. The second-order valence-electron chi connectivity index (χ2n) is 1.24. The number of hydrogen-bond acceptors (Lipinski definition) is 2. The van der Waals surface area contributed by atoms with Gasteiger partial charge in [-0.25, -0.2) is 0 Å². The number of H-pyrrole nitrogens is 1. The summed E-state index contributed by atoms with van der Waals surface area (Å²) in [5.74, 6) is 0. The lowest BCUT2D eigenvalue weighted by Gasteiger charge is -1.76. The molecule has 0 unspecified atom stereocenters. The molecule has 0 bridgehead atoms. The largest absolute Gasteiger partial charge is 0.361 e. The van der Waals surface area contributed by atoms with E-state index in [-0.39, 0.29) is 5.69 Å². The van der Waals surface area contributed by atoms with Crippen molar-refractivity contribution in [3.05, 3.63) is 28.6 Å². The molecule has 1 N–H and O–H groups in total. The van der Waals surface area contributed by atoms with Gasteiger partial charge in [0.15, 0.2) is 0 Å². The maximum atomic E-state index is 9.82. The molecule has 1 radical (unpaired) electrons. The number of nitrogens with one attached hydrogen (secondary N) is 1. The third-order valence-electron chi connectivity index (χ3n) is 0.720. The third-order valence-corrected chi connectivity index (χ3v) is 0.720. The van der Waals surface area contributed by atoms with Crippen molar-refractivity contribution < 1.29 is 4.92 Å². The molecular formula is C4H3N2O2. The van der Waals surface area contributed by atoms with Crippen LogP contribution in [0.1, 0.15) is 0 Å². The van der Waals surface area contributed by atoms with Crippen LogP contribution in [0.3, 0.4) is 0 Å². The molecule has 0 aliphatic heterocycles. The molecule has 0 aliphatic carbocycles. The van der Waals surface area contributed by atoms with Crippen molar-refractivity contribution in [1.82, 2.24) is 4.98 Å². The first-order valence-electron chi connectivity index (χ1n) is 1.99. The minimum atomic E-state index is -0.503. The molecule has 4 nitrogen and oxygen atoms in total. The summed E-state index contributed by atoms with van der Waals surface area (Å²) in [5.41, 5.74) is -0.0231. The molecule has 0 saturated carbocycles. The normalized spacial score (nSPS) is 9.00. The van der Waals surface area contributed by atoms with Crippen LogP contribution in [0.15, 0.2) is 12.4 Å². The molecule has 0 atom stereocenters. The van der Waals surface area contributed by atoms with E-state index < -0.39 is 4.92 Å². The third kappa shape index (κ3) is 0.676. The Morgan fingerprint density at radius 3 is 2.88 bits per heavy atom. The maximum absolute atomic E-state index is 9.82. The zero-order valence-electron chi connectivity index (χ0n) is 3.92. The Morgan fingerprint density at radius 2 is 2.62 bits per heavy atom. The first-order chi connectivity index (χ1) is 3.80. The van der Waals surface area contributed by atoms with Crippen molar-refractivity contribution in [3.63, 3.8) is 0 Å². The van der Waals surface area contributed by atoms with Crippen LogP contribution in [0, 0.1) is 16.2 Å². The Balaban J connectivity index is 2.93. The van der Waals surface area contributed by atoms with Gasteiger partial charge in [0.05, 0.1) is 17.2 Å². The van der Waals surface area contributed by atoms with Gasteiger partial charge in [0.2, 0.25) is 0 Å². The first-order valence-corrected chi connectivity index (χ1v) is 1.99. The fourth-order valence-electron chi connectivity index (χ4n) is 0.383. The number of nitrogens with zero attached hydrogens (tertiary/aromatic N) is 1. The van der Waals surface area contributed by atoms with Crippen LogP contribution in [0.2, 0.25) is 0 Å². The predicted molar refractivity (Wildman–Crippen MR) is 26.3 cm³/mol. The summed E-state index contributed by atoms with van der Waals surface area (Å²) in [5, 5.41) is 9.82. The lowest BCUT2D eigenvalue weighted by molar-refractivity contribution is -0.385. The molecule has 41 valence electrons. The minimum Gasteiger partial charge on any atom is -0.361 e. The zero-order valence-corrected chi connectivity index (χ0v) is 3.92. The van der Waals surface area contributed by atoms with Crippen molar-refractivity contribution >= 4 is 5.69 Å². The van der Waals surface area contributed by atoms with E-state index in [1.807, 2.05) is 0 Å². The SMILES string of the molecule is O=[N+]([O-])c1[c]c[nH]c1. The summed E-state index contributed by atoms with van der Waals surface area (Å²) in [7, 11) is 0. The van der Waals surface area contributed by atoms with Crippen molar-refractivity contribution in [2.24, 2.45) is 0 Å². The van der Waals surface area contributed by atoms with Crippen LogP contribution in [-0.4, -0.2) is 9.91 Å². The van der Waals surface area contributed by atoms with Gasteiger partial charge in [-0.1, -0.05) is 0 Å². The lowest BCUT2D eigenvalue weighted by Crippen LogP contribution is -1.82. The smallest absolute Gasteiger partial charge is 0.294 e. The average molecular weight is 111 g/mol. The van der Waals surface area contributed by atoms with Crippen LogP contribution in [0.25, 0.3) is 0 Å². The van der Waals surface area contributed by atoms with Gasteiger partial charge in [0, 0.05) is 6.20 Å². The molecule has 0 fully saturated rings. The number of hydrogen-bond donors (Lipinski definition) is 1. The van der Waals surface area contributed by atoms with E-state index in [1.54, 1.807) is 0 Å². The standard InChI is InChI=1S/C4H3N2O2/c7-6(8)4-1-2-5-3-4/h2-3,5H. The van der Waals surface area contributed by atoms with Gasteiger partial charge >= 0.3 is 0 Å². The van der Waals surface area contributed by atoms with Crippen LogP contribution in [0.5, 0.6) is 0 Å². The summed E-state index contributed by atoms with van der Waals surface area (Å²) in [6.07, 6.45) is 2.66. The first kappa shape index (κ1) is 4.83. The summed E-state index contributed by atoms with van der Waals surface area (Å²) >= 11 is 0. The zero-order chi connectivity index (χ0) is 5.98. The monoisotopic (exact) mass is 111 g/mol. The summed E-state index contributed by atoms with van der Waals surface area (Å²) < 4.78 is 0. The van der Waals surface area contributed by atoms with Crippen LogP contribution >= 0.6 is 0 Å².